The van der Waals surface area contributed by atoms with E-state index in [0.29, 0.717) is 12.3 Å². The van der Waals surface area contributed by atoms with Gasteiger partial charge >= 0.3 is 5.97 Å². The van der Waals surface area contributed by atoms with Crippen molar-refractivity contribution in [2.75, 3.05) is 0 Å². The van der Waals surface area contributed by atoms with Gasteiger partial charge in [-0.15, -0.1) is 0 Å². The lowest BCUT2D eigenvalue weighted by molar-refractivity contribution is -0.141. The number of benzene rings is 1. The van der Waals surface area contributed by atoms with Gasteiger partial charge in [-0.05, 0) is 36.5 Å². The minimum absolute atomic E-state index is 0.181. The molecule has 1 aliphatic rings. The molecule has 110 valence electrons. The van der Waals surface area contributed by atoms with E-state index >= 15 is 0 Å². The zero-order valence-electron chi connectivity index (χ0n) is 12.1. The van der Waals surface area contributed by atoms with Crippen molar-refractivity contribution in [2.45, 2.75) is 40.0 Å². The number of fused-ring (bicyclic) bond motifs is 1. The maximum absolute atomic E-state index is 11.6. The van der Waals surface area contributed by atoms with Crippen LogP contribution in [0.4, 0.5) is 0 Å². The monoisotopic (exact) mass is 340 g/mol. The molecule has 0 spiro atoms. The minimum Gasteiger partial charge on any atom is -0.481 e. The third-order valence-electron chi connectivity index (χ3n) is 3.51. The zero-order chi connectivity index (χ0) is 15.3. The Kier molecular flexibility index (Phi) is 6.40. The van der Waals surface area contributed by atoms with Crippen LogP contribution in [0.1, 0.15) is 49.5 Å². The van der Waals surface area contributed by atoms with Crippen molar-refractivity contribution < 1.29 is 14.7 Å². The van der Waals surface area contributed by atoms with Crippen LogP contribution in [0.2, 0.25) is 0 Å². The van der Waals surface area contributed by atoms with Crippen LogP contribution in [0, 0.1) is 11.8 Å². The minimum atomic E-state index is -0.706. The number of hydrogen-bond acceptors (Lipinski definition) is 2. The molecule has 0 fully saturated rings. The molecule has 4 heteroatoms. The molecule has 0 saturated carbocycles. The van der Waals surface area contributed by atoms with E-state index in [2.05, 4.69) is 22.9 Å². The Morgan fingerprint density at radius 1 is 1.45 bits per heavy atom. The number of carbonyl (C=O) groups is 2. The largest absolute Gasteiger partial charge is 0.481 e. The normalized spacial score (nSPS) is 18.6. The number of carboxylic acid groups (broad SMARTS) is 1. The molecular formula is C16H21BrO3. The molecule has 0 radical (unpaired) electrons. The predicted octanol–water partition coefficient (Wildman–Crippen LogP) is 4.33. The Hall–Kier alpha value is -1.16. The van der Waals surface area contributed by atoms with E-state index in [-0.39, 0.29) is 11.7 Å². The van der Waals surface area contributed by atoms with Crippen LogP contribution in [-0.2, 0) is 11.2 Å². The van der Waals surface area contributed by atoms with Crippen LogP contribution in [0.25, 0.3) is 0 Å². The van der Waals surface area contributed by atoms with Crippen LogP contribution >= 0.6 is 15.9 Å². The molecule has 0 bridgehead atoms. The maximum atomic E-state index is 11.6. The summed E-state index contributed by atoms with van der Waals surface area (Å²) in [4.78, 5) is 21.6. The molecule has 1 aliphatic carbocycles. The summed E-state index contributed by atoms with van der Waals surface area (Å²) in [5, 5.41) is 8.18. The number of Topliss-reactive ketones (excluding diaryl/α,β-unsaturated/α-hetero) is 1. The van der Waals surface area contributed by atoms with Crippen molar-refractivity contribution in [3.8, 4) is 0 Å². The highest BCUT2D eigenvalue weighted by molar-refractivity contribution is 9.10. The summed E-state index contributed by atoms with van der Waals surface area (Å²) >= 11 is 3.38. The first-order valence-electron chi connectivity index (χ1n) is 6.89. The number of rotatable bonds is 2. The standard InChI is InChI=1S/C11H11BrO.C5H10O2/c1-7-4-8-2-3-9(12)6-10(8)11(13)5-7;1-3-4(2)5(6)7/h2-3,6-7H,4-5H2,1H3;4H,3H2,1-2H3,(H,6,7). The van der Waals surface area contributed by atoms with E-state index in [1.165, 1.54) is 5.56 Å². The van der Waals surface area contributed by atoms with Crippen molar-refractivity contribution in [1.82, 2.24) is 0 Å². The highest BCUT2D eigenvalue weighted by Gasteiger charge is 2.21. The fourth-order valence-corrected chi connectivity index (χ4v) is 2.40. The van der Waals surface area contributed by atoms with Crippen molar-refractivity contribution in [2.24, 2.45) is 11.8 Å². The topological polar surface area (TPSA) is 54.4 Å². The third kappa shape index (κ3) is 4.75. The van der Waals surface area contributed by atoms with Gasteiger partial charge in [-0.25, -0.2) is 0 Å². The maximum Gasteiger partial charge on any atom is 0.306 e. The van der Waals surface area contributed by atoms with Gasteiger partial charge in [-0.1, -0.05) is 42.8 Å². The second-order valence-corrected chi connectivity index (χ2v) is 6.30. The summed E-state index contributed by atoms with van der Waals surface area (Å²) in [6.45, 7) is 5.68. The Labute approximate surface area is 128 Å². The number of ketones is 1. The molecule has 0 amide bonds. The van der Waals surface area contributed by atoms with Gasteiger partial charge in [0, 0.05) is 16.5 Å². The average Bonchev–Trinajstić information content (AvgIpc) is 2.39. The smallest absolute Gasteiger partial charge is 0.306 e. The van der Waals surface area contributed by atoms with E-state index in [1.54, 1.807) is 6.92 Å². The van der Waals surface area contributed by atoms with Gasteiger partial charge in [0.15, 0.2) is 5.78 Å². The number of carboxylic acids is 1. The lowest BCUT2D eigenvalue weighted by atomic mass is 9.84. The number of aliphatic carboxylic acids is 1. The van der Waals surface area contributed by atoms with Crippen molar-refractivity contribution in [1.29, 1.82) is 0 Å². The highest BCUT2D eigenvalue weighted by atomic mass is 79.9. The van der Waals surface area contributed by atoms with Crippen molar-refractivity contribution in [3.05, 3.63) is 33.8 Å². The Bertz CT molecular complexity index is 496. The predicted molar refractivity (Wildman–Crippen MR) is 83.0 cm³/mol. The third-order valence-corrected chi connectivity index (χ3v) is 4.00. The average molecular weight is 341 g/mol. The molecule has 2 unspecified atom stereocenters. The summed E-state index contributed by atoms with van der Waals surface area (Å²) in [5.41, 5.74) is 2.11. The summed E-state index contributed by atoms with van der Waals surface area (Å²) in [6.07, 6.45) is 2.45. The number of hydrogen-bond donors (Lipinski definition) is 1. The first kappa shape index (κ1) is 16.9. The first-order chi connectivity index (χ1) is 9.35. The highest BCUT2D eigenvalue weighted by Crippen LogP contribution is 2.27. The van der Waals surface area contributed by atoms with Gasteiger partial charge in [0.25, 0.3) is 0 Å². The van der Waals surface area contributed by atoms with Gasteiger partial charge < -0.3 is 5.11 Å². The molecule has 0 aromatic heterocycles. The van der Waals surface area contributed by atoms with Crippen LogP contribution in [-0.4, -0.2) is 16.9 Å². The molecule has 1 aromatic carbocycles. The van der Waals surface area contributed by atoms with Crippen molar-refractivity contribution in [3.63, 3.8) is 0 Å². The zero-order valence-corrected chi connectivity index (χ0v) is 13.7. The SMILES string of the molecule is CC1CC(=O)c2cc(Br)ccc2C1.CCC(C)C(=O)O. The first-order valence-corrected chi connectivity index (χ1v) is 7.68. The van der Waals surface area contributed by atoms with E-state index in [9.17, 15) is 9.59 Å². The molecule has 2 atom stereocenters. The fourth-order valence-electron chi connectivity index (χ4n) is 2.03. The molecule has 0 aliphatic heterocycles. The van der Waals surface area contributed by atoms with E-state index in [0.717, 1.165) is 22.9 Å². The summed E-state index contributed by atoms with van der Waals surface area (Å²) in [5.74, 6) is -0.0984. The molecule has 1 aromatic rings. The summed E-state index contributed by atoms with van der Waals surface area (Å²) < 4.78 is 0.995. The molecule has 1 N–H and O–H groups in total. The molecule has 0 heterocycles. The van der Waals surface area contributed by atoms with Crippen molar-refractivity contribution >= 4 is 27.7 Å². The van der Waals surface area contributed by atoms with Crippen LogP contribution in [0.15, 0.2) is 22.7 Å². The second kappa shape index (κ2) is 7.58. The van der Waals surface area contributed by atoms with Gasteiger partial charge in [-0.2, -0.15) is 0 Å². The fraction of sp³-hybridized carbons (Fsp3) is 0.500. The lowest BCUT2D eigenvalue weighted by Gasteiger charge is -2.20. The van der Waals surface area contributed by atoms with Gasteiger partial charge in [-0.3, -0.25) is 9.59 Å². The van der Waals surface area contributed by atoms with Gasteiger partial charge in [0.1, 0.15) is 0 Å². The summed E-state index contributed by atoms with van der Waals surface area (Å²) in [6, 6.07) is 5.99. The molecule has 2 rings (SSSR count). The lowest BCUT2D eigenvalue weighted by Crippen LogP contribution is -2.17. The molecule has 3 nitrogen and oxygen atoms in total. The molecule has 20 heavy (non-hydrogen) atoms. The second-order valence-electron chi connectivity index (χ2n) is 5.39. The quantitative estimate of drug-likeness (QED) is 0.871. The molecule has 0 saturated heterocycles. The Balaban J connectivity index is 0.000000246. The Morgan fingerprint density at radius 2 is 2.10 bits per heavy atom. The van der Waals surface area contributed by atoms with Crippen LogP contribution in [0.5, 0.6) is 0 Å². The van der Waals surface area contributed by atoms with Gasteiger partial charge in [0.2, 0.25) is 0 Å². The molecular weight excluding hydrogens is 320 g/mol. The number of halogens is 1. The van der Waals surface area contributed by atoms with E-state index in [1.807, 2.05) is 25.1 Å². The Morgan fingerprint density at radius 3 is 2.60 bits per heavy atom. The number of carbonyl (C=O) groups excluding carboxylic acids is 1. The van der Waals surface area contributed by atoms with Gasteiger partial charge in [0.05, 0.1) is 5.92 Å². The van der Waals surface area contributed by atoms with E-state index < -0.39 is 5.97 Å². The summed E-state index contributed by atoms with van der Waals surface area (Å²) in [7, 11) is 0. The van der Waals surface area contributed by atoms with Crippen LogP contribution < -0.4 is 0 Å². The van der Waals surface area contributed by atoms with Crippen LogP contribution in [0.3, 0.4) is 0 Å². The van der Waals surface area contributed by atoms with E-state index in [4.69, 9.17) is 5.11 Å².